The van der Waals surface area contributed by atoms with Gasteiger partial charge in [0.2, 0.25) is 0 Å². The summed E-state index contributed by atoms with van der Waals surface area (Å²) in [5, 5.41) is 3.49. The number of hydrogen-bond donors (Lipinski definition) is 1. The molecule has 1 N–H and O–H groups in total. The standard InChI is InChI=1S/C16H24BrNO2/c1-2-8-20-16-7-6-14(17)10-13(16)11-18-12-15-5-3-4-9-19-15/h6-7,10,15,18H,2-5,8-9,11-12H2,1H3. The Labute approximate surface area is 130 Å². The van der Waals surface area contributed by atoms with Crippen molar-refractivity contribution >= 4 is 15.9 Å². The second-order valence-electron chi connectivity index (χ2n) is 5.22. The van der Waals surface area contributed by atoms with Crippen molar-refractivity contribution in [3.63, 3.8) is 0 Å². The van der Waals surface area contributed by atoms with E-state index in [2.05, 4.69) is 34.2 Å². The minimum absolute atomic E-state index is 0.371. The van der Waals surface area contributed by atoms with Gasteiger partial charge < -0.3 is 14.8 Å². The number of halogens is 1. The predicted molar refractivity (Wildman–Crippen MR) is 85.2 cm³/mol. The van der Waals surface area contributed by atoms with Crippen molar-refractivity contribution < 1.29 is 9.47 Å². The van der Waals surface area contributed by atoms with E-state index in [1.807, 2.05) is 12.1 Å². The van der Waals surface area contributed by atoms with Crippen LogP contribution < -0.4 is 10.1 Å². The topological polar surface area (TPSA) is 30.5 Å². The van der Waals surface area contributed by atoms with Crippen LogP contribution in [0.25, 0.3) is 0 Å². The highest BCUT2D eigenvalue weighted by molar-refractivity contribution is 9.10. The molecule has 0 aliphatic carbocycles. The molecule has 20 heavy (non-hydrogen) atoms. The van der Waals surface area contributed by atoms with Gasteiger partial charge in [0, 0.05) is 29.7 Å². The molecule has 3 nitrogen and oxygen atoms in total. The molecule has 1 aliphatic heterocycles. The molecule has 1 unspecified atom stereocenters. The van der Waals surface area contributed by atoms with Gasteiger partial charge in [0.1, 0.15) is 5.75 Å². The molecule has 1 aromatic rings. The molecule has 1 aromatic carbocycles. The van der Waals surface area contributed by atoms with Crippen LogP contribution >= 0.6 is 15.9 Å². The molecule has 4 heteroatoms. The van der Waals surface area contributed by atoms with Crippen LogP contribution in [0.2, 0.25) is 0 Å². The summed E-state index contributed by atoms with van der Waals surface area (Å²) in [7, 11) is 0. The van der Waals surface area contributed by atoms with Crippen molar-refractivity contribution in [1.82, 2.24) is 5.32 Å². The third-order valence-corrected chi connectivity index (χ3v) is 3.94. The Hall–Kier alpha value is -0.580. The lowest BCUT2D eigenvalue weighted by molar-refractivity contribution is 0.0167. The normalized spacial score (nSPS) is 19.0. The Bertz CT molecular complexity index is 405. The molecular formula is C16H24BrNO2. The van der Waals surface area contributed by atoms with E-state index in [0.29, 0.717) is 6.10 Å². The molecule has 1 heterocycles. The zero-order chi connectivity index (χ0) is 14.2. The van der Waals surface area contributed by atoms with Crippen LogP contribution in [0, 0.1) is 0 Å². The van der Waals surface area contributed by atoms with E-state index in [1.54, 1.807) is 0 Å². The summed E-state index contributed by atoms with van der Waals surface area (Å²) in [5.74, 6) is 0.979. The zero-order valence-electron chi connectivity index (χ0n) is 12.2. The van der Waals surface area contributed by atoms with Crippen LogP contribution in [0.15, 0.2) is 22.7 Å². The quantitative estimate of drug-likeness (QED) is 0.815. The molecule has 2 rings (SSSR count). The van der Waals surface area contributed by atoms with E-state index < -0.39 is 0 Å². The summed E-state index contributed by atoms with van der Waals surface area (Å²) in [6.07, 6.45) is 5.06. The summed E-state index contributed by atoms with van der Waals surface area (Å²) in [6, 6.07) is 6.19. The largest absolute Gasteiger partial charge is 0.493 e. The number of nitrogens with one attached hydrogen (secondary N) is 1. The van der Waals surface area contributed by atoms with Gasteiger partial charge in [-0.1, -0.05) is 22.9 Å². The summed E-state index contributed by atoms with van der Waals surface area (Å²) < 4.78 is 12.6. The molecule has 1 fully saturated rings. The number of rotatable bonds is 7. The first-order chi connectivity index (χ1) is 9.79. The van der Waals surface area contributed by atoms with Gasteiger partial charge >= 0.3 is 0 Å². The van der Waals surface area contributed by atoms with E-state index in [4.69, 9.17) is 9.47 Å². The fourth-order valence-corrected chi connectivity index (χ4v) is 2.78. The van der Waals surface area contributed by atoms with E-state index in [-0.39, 0.29) is 0 Å². The highest BCUT2D eigenvalue weighted by atomic mass is 79.9. The van der Waals surface area contributed by atoms with Crippen LogP contribution in [0.5, 0.6) is 5.75 Å². The van der Waals surface area contributed by atoms with Crippen LogP contribution in [-0.2, 0) is 11.3 Å². The lowest BCUT2D eigenvalue weighted by atomic mass is 10.1. The summed E-state index contributed by atoms with van der Waals surface area (Å²) in [5.41, 5.74) is 1.20. The molecule has 0 bridgehead atoms. The fourth-order valence-electron chi connectivity index (χ4n) is 2.38. The second kappa shape index (κ2) is 8.65. The average Bonchev–Trinajstić information content (AvgIpc) is 2.47. The third kappa shape index (κ3) is 5.08. The van der Waals surface area contributed by atoms with Gasteiger partial charge in [-0.25, -0.2) is 0 Å². The fraction of sp³-hybridized carbons (Fsp3) is 0.625. The molecule has 0 spiro atoms. The molecule has 1 saturated heterocycles. The summed E-state index contributed by atoms with van der Waals surface area (Å²) in [4.78, 5) is 0. The number of benzene rings is 1. The molecule has 0 amide bonds. The Kier molecular flexibility index (Phi) is 6.83. The lowest BCUT2D eigenvalue weighted by Gasteiger charge is -2.23. The maximum absolute atomic E-state index is 5.79. The molecule has 1 atom stereocenters. The van der Waals surface area contributed by atoms with E-state index in [9.17, 15) is 0 Å². The van der Waals surface area contributed by atoms with Gasteiger partial charge in [0.25, 0.3) is 0 Å². The second-order valence-corrected chi connectivity index (χ2v) is 6.14. The minimum atomic E-state index is 0.371. The third-order valence-electron chi connectivity index (χ3n) is 3.45. The molecular weight excluding hydrogens is 318 g/mol. The monoisotopic (exact) mass is 341 g/mol. The highest BCUT2D eigenvalue weighted by Gasteiger charge is 2.13. The Morgan fingerprint density at radius 1 is 1.40 bits per heavy atom. The number of ether oxygens (including phenoxy) is 2. The van der Waals surface area contributed by atoms with Crippen molar-refractivity contribution in [2.24, 2.45) is 0 Å². The minimum Gasteiger partial charge on any atom is -0.493 e. The van der Waals surface area contributed by atoms with Gasteiger partial charge in [0.15, 0.2) is 0 Å². The van der Waals surface area contributed by atoms with Crippen molar-refractivity contribution in [3.8, 4) is 5.75 Å². The Morgan fingerprint density at radius 3 is 3.05 bits per heavy atom. The SMILES string of the molecule is CCCOc1ccc(Br)cc1CNCC1CCCCO1. The Balaban J connectivity index is 1.85. The Morgan fingerprint density at radius 2 is 2.30 bits per heavy atom. The number of hydrogen-bond acceptors (Lipinski definition) is 3. The average molecular weight is 342 g/mol. The maximum atomic E-state index is 5.79. The zero-order valence-corrected chi connectivity index (χ0v) is 13.7. The molecule has 0 radical (unpaired) electrons. The van der Waals surface area contributed by atoms with Crippen LogP contribution in [-0.4, -0.2) is 25.9 Å². The van der Waals surface area contributed by atoms with Crippen molar-refractivity contribution in [3.05, 3.63) is 28.2 Å². The van der Waals surface area contributed by atoms with E-state index in [0.717, 1.165) is 42.9 Å². The van der Waals surface area contributed by atoms with Gasteiger partial charge in [-0.3, -0.25) is 0 Å². The smallest absolute Gasteiger partial charge is 0.123 e. The van der Waals surface area contributed by atoms with Crippen LogP contribution in [0.1, 0.15) is 38.2 Å². The van der Waals surface area contributed by atoms with Gasteiger partial charge in [-0.15, -0.1) is 0 Å². The van der Waals surface area contributed by atoms with Crippen molar-refractivity contribution in [2.45, 2.75) is 45.3 Å². The van der Waals surface area contributed by atoms with Gasteiger partial charge in [-0.05, 0) is 43.9 Å². The van der Waals surface area contributed by atoms with E-state index >= 15 is 0 Å². The summed E-state index contributed by atoms with van der Waals surface area (Å²) in [6.45, 7) is 5.53. The first kappa shape index (κ1) is 15.8. The maximum Gasteiger partial charge on any atom is 0.123 e. The van der Waals surface area contributed by atoms with Crippen LogP contribution in [0.3, 0.4) is 0 Å². The van der Waals surface area contributed by atoms with Crippen molar-refractivity contribution in [1.29, 1.82) is 0 Å². The van der Waals surface area contributed by atoms with Gasteiger partial charge in [-0.2, -0.15) is 0 Å². The van der Waals surface area contributed by atoms with Gasteiger partial charge in [0.05, 0.1) is 12.7 Å². The molecule has 0 saturated carbocycles. The first-order valence-electron chi connectivity index (χ1n) is 7.53. The molecule has 1 aliphatic rings. The highest BCUT2D eigenvalue weighted by Crippen LogP contribution is 2.23. The molecule has 0 aromatic heterocycles. The van der Waals surface area contributed by atoms with Crippen molar-refractivity contribution in [2.75, 3.05) is 19.8 Å². The summed E-state index contributed by atoms with van der Waals surface area (Å²) >= 11 is 3.52. The van der Waals surface area contributed by atoms with Crippen LogP contribution in [0.4, 0.5) is 0 Å². The lowest BCUT2D eigenvalue weighted by Crippen LogP contribution is -2.31. The first-order valence-corrected chi connectivity index (χ1v) is 8.32. The molecule has 112 valence electrons. The van der Waals surface area contributed by atoms with E-state index in [1.165, 1.54) is 24.8 Å². The predicted octanol–water partition coefficient (Wildman–Crippen LogP) is 3.90.